The van der Waals surface area contributed by atoms with E-state index in [1.54, 1.807) is 16.2 Å². The van der Waals surface area contributed by atoms with E-state index in [0.29, 0.717) is 25.9 Å². The molecule has 0 spiro atoms. The normalized spacial score (nSPS) is 20.4. The number of carbonyl (C=O) groups is 1. The zero-order valence-electron chi connectivity index (χ0n) is 9.35. The molecule has 1 fully saturated rings. The fourth-order valence-electron chi connectivity index (χ4n) is 1.83. The van der Waals surface area contributed by atoms with Gasteiger partial charge in [0, 0.05) is 18.5 Å². The van der Waals surface area contributed by atoms with Crippen molar-refractivity contribution in [3.63, 3.8) is 0 Å². The monoisotopic (exact) mass is 240 g/mol. The van der Waals surface area contributed by atoms with Crippen LogP contribution in [-0.4, -0.2) is 40.1 Å². The van der Waals surface area contributed by atoms with Gasteiger partial charge in [-0.05, 0) is 12.8 Å². The SMILES string of the molecule is CCc1nc(CC(=O)N2CC[C@@H](O)C2)cs1. The van der Waals surface area contributed by atoms with Crippen LogP contribution in [0.4, 0.5) is 0 Å². The molecule has 0 saturated carbocycles. The number of rotatable bonds is 3. The second-order valence-corrected chi connectivity index (χ2v) is 4.99. The van der Waals surface area contributed by atoms with Crippen LogP contribution in [0.15, 0.2) is 5.38 Å². The first-order chi connectivity index (χ1) is 7.69. The van der Waals surface area contributed by atoms with E-state index in [1.165, 1.54) is 0 Å². The van der Waals surface area contributed by atoms with Crippen LogP contribution >= 0.6 is 11.3 Å². The topological polar surface area (TPSA) is 53.4 Å². The third-order valence-corrected chi connectivity index (χ3v) is 3.79. The summed E-state index contributed by atoms with van der Waals surface area (Å²) in [6.07, 6.45) is 1.64. The number of aryl methyl sites for hydroxylation is 1. The van der Waals surface area contributed by atoms with Gasteiger partial charge in [-0.1, -0.05) is 6.92 Å². The molecule has 1 amide bonds. The maximum atomic E-state index is 11.8. The second kappa shape index (κ2) is 4.93. The lowest BCUT2D eigenvalue weighted by atomic mass is 10.3. The average molecular weight is 240 g/mol. The Hall–Kier alpha value is -0.940. The minimum absolute atomic E-state index is 0.0736. The lowest BCUT2D eigenvalue weighted by Gasteiger charge is -2.14. The summed E-state index contributed by atoms with van der Waals surface area (Å²) in [5.41, 5.74) is 0.855. The van der Waals surface area contributed by atoms with Crippen molar-refractivity contribution in [2.75, 3.05) is 13.1 Å². The Morgan fingerprint density at radius 1 is 1.75 bits per heavy atom. The van der Waals surface area contributed by atoms with E-state index in [9.17, 15) is 9.90 Å². The van der Waals surface area contributed by atoms with Crippen molar-refractivity contribution >= 4 is 17.2 Å². The van der Waals surface area contributed by atoms with Gasteiger partial charge in [-0.25, -0.2) is 4.98 Å². The summed E-state index contributed by atoms with van der Waals surface area (Å²) in [7, 11) is 0. The van der Waals surface area contributed by atoms with Gasteiger partial charge < -0.3 is 10.0 Å². The van der Waals surface area contributed by atoms with Crippen molar-refractivity contribution in [3.8, 4) is 0 Å². The minimum atomic E-state index is -0.342. The highest BCUT2D eigenvalue weighted by Crippen LogP contribution is 2.14. The molecule has 1 aromatic rings. The van der Waals surface area contributed by atoms with Gasteiger partial charge in [0.25, 0.3) is 0 Å². The summed E-state index contributed by atoms with van der Waals surface area (Å²) in [6.45, 7) is 3.20. The lowest BCUT2D eigenvalue weighted by Crippen LogP contribution is -2.30. The molecule has 4 nitrogen and oxygen atoms in total. The molecule has 1 aliphatic heterocycles. The van der Waals surface area contributed by atoms with Crippen LogP contribution in [0.25, 0.3) is 0 Å². The largest absolute Gasteiger partial charge is 0.391 e. The Kier molecular flexibility index (Phi) is 3.56. The molecule has 1 aliphatic rings. The molecular weight excluding hydrogens is 224 g/mol. The van der Waals surface area contributed by atoms with E-state index in [0.717, 1.165) is 17.1 Å². The summed E-state index contributed by atoms with van der Waals surface area (Å²) in [5.74, 6) is 0.0736. The molecule has 0 bridgehead atoms. The number of amides is 1. The third kappa shape index (κ3) is 2.59. The van der Waals surface area contributed by atoms with Gasteiger partial charge in [0.15, 0.2) is 0 Å². The molecule has 16 heavy (non-hydrogen) atoms. The Morgan fingerprint density at radius 2 is 2.56 bits per heavy atom. The van der Waals surface area contributed by atoms with Crippen LogP contribution < -0.4 is 0 Å². The summed E-state index contributed by atoms with van der Waals surface area (Å²) in [4.78, 5) is 17.9. The number of aromatic nitrogens is 1. The summed E-state index contributed by atoms with van der Waals surface area (Å²) in [5, 5.41) is 12.4. The zero-order chi connectivity index (χ0) is 11.5. The maximum absolute atomic E-state index is 11.8. The number of hydrogen-bond donors (Lipinski definition) is 1. The number of β-amino-alcohol motifs (C(OH)–C–C–N with tert-alkyl or cyclic N) is 1. The number of aliphatic hydroxyl groups excluding tert-OH is 1. The molecule has 0 aliphatic carbocycles. The van der Waals surface area contributed by atoms with E-state index in [1.807, 2.05) is 5.38 Å². The van der Waals surface area contributed by atoms with Crippen LogP contribution in [0.5, 0.6) is 0 Å². The van der Waals surface area contributed by atoms with Gasteiger partial charge in [-0.3, -0.25) is 4.79 Å². The van der Waals surface area contributed by atoms with Crippen molar-refractivity contribution in [1.82, 2.24) is 9.88 Å². The van der Waals surface area contributed by atoms with Gasteiger partial charge >= 0.3 is 0 Å². The average Bonchev–Trinajstić information content (AvgIpc) is 2.87. The molecule has 1 N–H and O–H groups in total. The molecule has 2 rings (SSSR count). The van der Waals surface area contributed by atoms with Gasteiger partial charge in [-0.15, -0.1) is 11.3 Å². The predicted octanol–water partition coefficient (Wildman–Crippen LogP) is 0.841. The van der Waals surface area contributed by atoms with Crippen molar-refractivity contribution in [2.24, 2.45) is 0 Å². The van der Waals surface area contributed by atoms with E-state index in [-0.39, 0.29) is 12.0 Å². The number of nitrogens with zero attached hydrogens (tertiary/aromatic N) is 2. The first kappa shape index (κ1) is 11.5. The number of carbonyl (C=O) groups excluding carboxylic acids is 1. The molecule has 0 unspecified atom stereocenters. The highest BCUT2D eigenvalue weighted by atomic mass is 32.1. The molecule has 0 radical (unpaired) electrons. The van der Waals surface area contributed by atoms with Gasteiger partial charge in [0.05, 0.1) is 23.2 Å². The first-order valence-electron chi connectivity index (χ1n) is 5.58. The van der Waals surface area contributed by atoms with Crippen molar-refractivity contribution < 1.29 is 9.90 Å². The highest BCUT2D eigenvalue weighted by Gasteiger charge is 2.24. The van der Waals surface area contributed by atoms with E-state index in [4.69, 9.17) is 0 Å². The summed E-state index contributed by atoms with van der Waals surface area (Å²) in [6, 6.07) is 0. The summed E-state index contributed by atoms with van der Waals surface area (Å²) < 4.78 is 0. The van der Waals surface area contributed by atoms with Gasteiger partial charge in [0.2, 0.25) is 5.91 Å². The standard InChI is InChI=1S/C11H16N2O2S/c1-2-10-12-8(7-16-10)5-11(15)13-4-3-9(14)6-13/h7,9,14H,2-6H2,1H3/t9-/m1/s1. The fraction of sp³-hybridized carbons (Fsp3) is 0.636. The van der Waals surface area contributed by atoms with Crippen LogP contribution in [0, 0.1) is 0 Å². The molecule has 88 valence electrons. The molecule has 1 aromatic heterocycles. The predicted molar refractivity (Wildman–Crippen MR) is 62.4 cm³/mol. The maximum Gasteiger partial charge on any atom is 0.228 e. The molecule has 5 heteroatoms. The molecular formula is C11H16N2O2S. The van der Waals surface area contributed by atoms with E-state index < -0.39 is 0 Å². The van der Waals surface area contributed by atoms with Crippen LogP contribution in [0.1, 0.15) is 24.0 Å². The second-order valence-electron chi connectivity index (χ2n) is 4.05. The molecule has 1 saturated heterocycles. The van der Waals surface area contributed by atoms with E-state index >= 15 is 0 Å². The Bertz CT molecular complexity index is 378. The van der Waals surface area contributed by atoms with Crippen molar-refractivity contribution in [2.45, 2.75) is 32.3 Å². The van der Waals surface area contributed by atoms with E-state index in [2.05, 4.69) is 11.9 Å². The van der Waals surface area contributed by atoms with Crippen LogP contribution in [-0.2, 0) is 17.6 Å². The van der Waals surface area contributed by atoms with Gasteiger partial charge in [-0.2, -0.15) is 0 Å². The molecule has 2 heterocycles. The summed E-state index contributed by atoms with van der Waals surface area (Å²) >= 11 is 1.60. The molecule has 1 atom stereocenters. The smallest absolute Gasteiger partial charge is 0.228 e. The Labute approximate surface area is 98.9 Å². The highest BCUT2D eigenvalue weighted by molar-refractivity contribution is 7.09. The minimum Gasteiger partial charge on any atom is -0.391 e. The fourth-order valence-corrected chi connectivity index (χ4v) is 2.57. The quantitative estimate of drug-likeness (QED) is 0.852. The van der Waals surface area contributed by atoms with Crippen LogP contribution in [0.3, 0.4) is 0 Å². The Morgan fingerprint density at radius 3 is 3.12 bits per heavy atom. The van der Waals surface area contributed by atoms with Crippen molar-refractivity contribution in [1.29, 1.82) is 0 Å². The number of hydrogen-bond acceptors (Lipinski definition) is 4. The van der Waals surface area contributed by atoms with Gasteiger partial charge in [0.1, 0.15) is 0 Å². The zero-order valence-corrected chi connectivity index (χ0v) is 10.2. The van der Waals surface area contributed by atoms with Crippen LogP contribution in [0.2, 0.25) is 0 Å². The molecule has 0 aromatic carbocycles. The lowest BCUT2D eigenvalue weighted by molar-refractivity contribution is -0.129. The first-order valence-corrected chi connectivity index (χ1v) is 6.46. The third-order valence-electron chi connectivity index (χ3n) is 2.75. The number of aliphatic hydroxyl groups is 1. The number of likely N-dealkylation sites (tertiary alicyclic amines) is 1. The number of thiazole rings is 1. The van der Waals surface area contributed by atoms with Crippen molar-refractivity contribution in [3.05, 3.63) is 16.1 Å². The Balaban J connectivity index is 1.91.